The molecule has 0 bridgehead atoms. The van der Waals surface area contributed by atoms with Crippen molar-refractivity contribution in [3.63, 3.8) is 0 Å². The van der Waals surface area contributed by atoms with Crippen molar-refractivity contribution in [2.24, 2.45) is 5.92 Å². The van der Waals surface area contributed by atoms with E-state index in [1.807, 2.05) is 13.0 Å². The van der Waals surface area contributed by atoms with Crippen LogP contribution in [0.2, 0.25) is 0 Å². The molecule has 21 heavy (non-hydrogen) atoms. The van der Waals surface area contributed by atoms with Crippen molar-refractivity contribution in [2.45, 2.75) is 33.2 Å². The lowest BCUT2D eigenvalue weighted by molar-refractivity contribution is -0.144. The van der Waals surface area contributed by atoms with Gasteiger partial charge in [-0.1, -0.05) is 6.92 Å². The molecular formula is C15H24N4O2. The Balaban J connectivity index is 1.96. The van der Waals surface area contributed by atoms with Gasteiger partial charge in [0.15, 0.2) is 0 Å². The Bertz CT molecular complexity index is 493. The van der Waals surface area contributed by atoms with E-state index < -0.39 is 0 Å². The molecule has 0 saturated carbocycles. The summed E-state index contributed by atoms with van der Waals surface area (Å²) in [5, 5.41) is 3.29. The van der Waals surface area contributed by atoms with E-state index in [4.69, 9.17) is 4.74 Å². The van der Waals surface area contributed by atoms with Gasteiger partial charge in [0.1, 0.15) is 11.6 Å². The van der Waals surface area contributed by atoms with Gasteiger partial charge in [-0.25, -0.2) is 9.97 Å². The minimum atomic E-state index is -0.118. The van der Waals surface area contributed by atoms with Gasteiger partial charge in [-0.2, -0.15) is 0 Å². The third kappa shape index (κ3) is 4.39. The van der Waals surface area contributed by atoms with Gasteiger partial charge in [0, 0.05) is 24.8 Å². The van der Waals surface area contributed by atoms with E-state index >= 15 is 0 Å². The highest BCUT2D eigenvalue weighted by atomic mass is 16.5. The zero-order valence-corrected chi connectivity index (χ0v) is 13.1. The van der Waals surface area contributed by atoms with E-state index in [-0.39, 0.29) is 11.9 Å². The topological polar surface area (TPSA) is 67.4 Å². The molecule has 1 atom stereocenters. The van der Waals surface area contributed by atoms with E-state index in [9.17, 15) is 4.79 Å². The second kappa shape index (κ2) is 7.36. The molecule has 0 aromatic carbocycles. The van der Waals surface area contributed by atoms with Crippen LogP contribution in [0.4, 0.5) is 5.82 Å². The molecule has 116 valence electrons. The number of anilines is 1. The van der Waals surface area contributed by atoms with Crippen LogP contribution in [0.3, 0.4) is 0 Å². The van der Waals surface area contributed by atoms with Crippen LogP contribution >= 0.6 is 0 Å². The van der Waals surface area contributed by atoms with Crippen LogP contribution in [0.15, 0.2) is 6.07 Å². The van der Waals surface area contributed by atoms with Crippen molar-refractivity contribution in [3.8, 4) is 0 Å². The molecule has 2 heterocycles. The Kier molecular flexibility index (Phi) is 5.50. The number of likely N-dealkylation sites (tertiary alicyclic amines) is 1. The van der Waals surface area contributed by atoms with Gasteiger partial charge in [0.05, 0.1) is 19.6 Å². The summed E-state index contributed by atoms with van der Waals surface area (Å²) in [6.45, 7) is 7.29. The molecule has 1 unspecified atom stereocenters. The molecule has 6 heteroatoms. The maximum absolute atomic E-state index is 11.5. The summed E-state index contributed by atoms with van der Waals surface area (Å²) >= 11 is 0. The van der Waals surface area contributed by atoms with Crippen molar-refractivity contribution in [2.75, 3.05) is 32.1 Å². The summed E-state index contributed by atoms with van der Waals surface area (Å²) in [5.41, 5.74) is 0.960. The number of aromatic nitrogens is 2. The summed E-state index contributed by atoms with van der Waals surface area (Å²) in [7, 11) is 1.44. The number of ether oxygens (including phenoxy) is 1. The number of methoxy groups -OCH3 is 1. The molecule has 6 nitrogen and oxygen atoms in total. The van der Waals surface area contributed by atoms with Gasteiger partial charge in [0.25, 0.3) is 0 Å². The number of hydrogen-bond acceptors (Lipinski definition) is 6. The minimum absolute atomic E-state index is 0.0162. The van der Waals surface area contributed by atoms with Gasteiger partial charge in [0.2, 0.25) is 0 Å². The Morgan fingerprint density at radius 2 is 2.33 bits per heavy atom. The normalized spacial score (nSPS) is 18.7. The lowest BCUT2D eigenvalue weighted by Gasteiger charge is -2.15. The quantitative estimate of drug-likeness (QED) is 0.803. The number of hydrogen-bond donors (Lipinski definition) is 1. The van der Waals surface area contributed by atoms with E-state index in [0.29, 0.717) is 6.54 Å². The number of aryl methyl sites for hydroxylation is 1. The van der Waals surface area contributed by atoms with Crippen LogP contribution in [0.1, 0.15) is 31.3 Å². The van der Waals surface area contributed by atoms with Crippen molar-refractivity contribution < 1.29 is 9.53 Å². The zero-order chi connectivity index (χ0) is 15.2. The summed E-state index contributed by atoms with van der Waals surface area (Å²) in [6, 6.07) is 1.96. The van der Waals surface area contributed by atoms with Crippen LogP contribution < -0.4 is 5.32 Å². The van der Waals surface area contributed by atoms with Gasteiger partial charge in [-0.15, -0.1) is 0 Å². The average Bonchev–Trinajstić information content (AvgIpc) is 2.92. The van der Waals surface area contributed by atoms with Crippen LogP contribution in [-0.2, 0) is 16.1 Å². The molecular weight excluding hydrogens is 268 g/mol. The first-order valence-electron chi connectivity index (χ1n) is 7.51. The maximum Gasteiger partial charge on any atom is 0.310 e. The SMILES string of the molecule is CCCNc1cc(C)nc(CN2CCC(C(=O)OC)C2)n1. The molecule has 0 radical (unpaired) electrons. The summed E-state index contributed by atoms with van der Waals surface area (Å²) < 4.78 is 4.81. The van der Waals surface area contributed by atoms with Crippen molar-refractivity contribution >= 4 is 11.8 Å². The fourth-order valence-electron chi connectivity index (χ4n) is 2.58. The first kappa shape index (κ1) is 15.7. The molecule has 1 aliphatic heterocycles. The van der Waals surface area contributed by atoms with E-state index in [1.165, 1.54) is 7.11 Å². The molecule has 0 amide bonds. The number of esters is 1. The second-order valence-corrected chi connectivity index (χ2v) is 5.48. The third-order valence-electron chi connectivity index (χ3n) is 3.63. The fraction of sp³-hybridized carbons (Fsp3) is 0.667. The summed E-state index contributed by atoms with van der Waals surface area (Å²) in [4.78, 5) is 22.8. The van der Waals surface area contributed by atoms with Gasteiger partial charge < -0.3 is 10.1 Å². The predicted molar refractivity (Wildman–Crippen MR) is 80.9 cm³/mol. The number of nitrogens with one attached hydrogen (secondary N) is 1. The van der Waals surface area contributed by atoms with Crippen LogP contribution in [0.25, 0.3) is 0 Å². The molecule has 1 aromatic rings. The molecule has 0 aliphatic carbocycles. The molecule has 1 fully saturated rings. The molecule has 1 saturated heterocycles. The highest BCUT2D eigenvalue weighted by Crippen LogP contribution is 2.19. The van der Waals surface area contributed by atoms with Crippen LogP contribution in [0, 0.1) is 12.8 Å². The van der Waals surface area contributed by atoms with Crippen molar-refractivity contribution in [1.82, 2.24) is 14.9 Å². The molecule has 2 rings (SSSR count). The van der Waals surface area contributed by atoms with E-state index in [1.54, 1.807) is 0 Å². The number of nitrogens with zero attached hydrogens (tertiary/aromatic N) is 3. The third-order valence-corrected chi connectivity index (χ3v) is 3.63. The van der Waals surface area contributed by atoms with Crippen molar-refractivity contribution in [1.29, 1.82) is 0 Å². The standard InChI is InChI=1S/C15H24N4O2/c1-4-6-16-13-8-11(2)17-14(18-13)10-19-7-5-12(9-19)15(20)21-3/h8,12H,4-7,9-10H2,1-3H3,(H,16,17,18). The molecule has 1 aromatic heterocycles. The summed E-state index contributed by atoms with van der Waals surface area (Å²) in [5.74, 6) is 1.55. The fourth-order valence-corrected chi connectivity index (χ4v) is 2.58. The van der Waals surface area contributed by atoms with E-state index in [2.05, 4.69) is 27.1 Å². The average molecular weight is 292 g/mol. The number of carbonyl (C=O) groups is 1. The molecule has 1 N–H and O–H groups in total. The largest absolute Gasteiger partial charge is 0.469 e. The maximum atomic E-state index is 11.5. The Labute approximate surface area is 125 Å². The van der Waals surface area contributed by atoms with Gasteiger partial charge in [-0.05, 0) is 26.3 Å². The lowest BCUT2D eigenvalue weighted by atomic mass is 10.1. The highest BCUT2D eigenvalue weighted by molar-refractivity contribution is 5.72. The molecule has 0 spiro atoms. The van der Waals surface area contributed by atoms with Crippen molar-refractivity contribution in [3.05, 3.63) is 17.6 Å². The summed E-state index contributed by atoms with van der Waals surface area (Å²) in [6.07, 6.45) is 1.91. The lowest BCUT2D eigenvalue weighted by Crippen LogP contribution is -2.24. The Hall–Kier alpha value is -1.69. The second-order valence-electron chi connectivity index (χ2n) is 5.48. The Morgan fingerprint density at radius 3 is 3.05 bits per heavy atom. The van der Waals surface area contributed by atoms with Gasteiger partial charge >= 0.3 is 5.97 Å². The highest BCUT2D eigenvalue weighted by Gasteiger charge is 2.29. The van der Waals surface area contributed by atoms with E-state index in [0.717, 1.165) is 49.8 Å². The minimum Gasteiger partial charge on any atom is -0.469 e. The zero-order valence-electron chi connectivity index (χ0n) is 13.1. The molecule has 1 aliphatic rings. The smallest absolute Gasteiger partial charge is 0.310 e. The first-order chi connectivity index (χ1) is 10.1. The van der Waals surface area contributed by atoms with Gasteiger partial charge in [-0.3, -0.25) is 9.69 Å². The van der Waals surface area contributed by atoms with Crippen LogP contribution in [-0.4, -0.2) is 47.6 Å². The Morgan fingerprint density at radius 1 is 1.52 bits per heavy atom. The number of carbonyl (C=O) groups excluding carboxylic acids is 1. The number of rotatable bonds is 6. The first-order valence-corrected chi connectivity index (χ1v) is 7.51. The monoisotopic (exact) mass is 292 g/mol. The predicted octanol–water partition coefficient (Wildman–Crippen LogP) is 1.60. The van der Waals surface area contributed by atoms with Crippen LogP contribution in [0.5, 0.6) is 0 Å².